The van der Waals surface area contributed by atoms with Gasteiger partial charge in [-0.25, -0.2) is 4.98 Å². The largest absolute Gasteiger partial charge is 0.330 e. The molecule has 3 heteroatoms. The fourth-order valence-corrected chi connectivity index (χ4v) is 3.50. The summed E-state index contributed by atoms with van der Waals surface area (Å²) >= 11 is 0. The van der Waals surface area contributed by atoms with E-state index in [1.54, 1.807) is 0 Å². The highest BCUT2D eigenvalue weighted by molar-refractivity contribution is 5.24. The lowest BCUT2D eigenvalue weighted by molar-refractivity contribution is 0.381. The Bertz CT molecular complexity index is 421. The molecule has 2 heterocycles. The third-order valence-electron chi connectivity index (χ3n) is 4.55. The van der Waals surface area contributed by atoms with Crippen LogP contribution in [0.2, 0.25) is 0 Å². The molecule has 1 aliphatic heterocycles. The molecule has 0 fully saturated rings. The van der Waals surface area contributed by atoms with Gasteiger partial charge >= 0.3 is 0 Å². The van der Waals surface area contributed by atoms with Crippen LogP contribution >= 0.6 is 0 Å². The first-order valence-electron chi connectivity index (χ1n) is 7.02. The van der Waals surface area contributed by atoms with Gasteiger partial charge in [0.2, 0.25) is 0 Å². The monoisotopic (exact) mass is 233 g/mol. The van der Waals surface area contributed by atoms with Crippen LogP contribution in [-0.4, -0.2) is 15.6 Å². The highest BCUT2D eigenvalue weighted by atomic mass is 15.1. The van der Waals surface area contributed by atoms with E-state index in [0.29, 0.717) is 12.0 Å². The van der Waals surface area contributed by atoms with Crippen molar-refractivity contribution in [3.8, 4) is 0 Å². The van der Waals surface area contributed by atoms with Crippen LogP contribution in [0.1, 0.15) is 56.2 Å². The first-order valence-corrected chi connectivity index (χ1v) is 7.02. The van der Waals surface area contributed by atoms with E-state index in [2.05, 4.69) is 18.4 Å². The van der Waals surface area contributed by atoms with Crippen molar-refractivity contribution in [3.63, 3.8) is 0 Å². The maximum atomic E-state index is 6.15. The summed E-state index contributed by atoms with van der Waals surface area (Å²) in [7, 11) is 0. The van der Waals surface area contributed by atoms with Crippen molar-refractivity contribution >= 4 is 0 Å². The second kappa shape index (κ2) is 4.13. The number of nitrogens with two attached hydrogens (primary N) is 1. The summed E-state index contributed by atoms with van der Waals surface area (Å²) < 4.78 is 2.44. The Morgan fingerprint density at radius 2 is 2.29 bits per heavy atom. The SMILES string of the molecule is CCC1CCc2nc3n(c2C1)CC(N)CC3C. The summed E-state index contributed by atoms with van der Waals surface area (Å²) in [5.41, 5.74) is 9.02. The molecule has 1 aliphatic carbocycles. The number of aromatic nitrogens is 2. The van der Waals surface area contributed by atoms with Gasteiger partial charge in [-0.3, -0.25) is 0 Å². The summed E-state index contributed by atoms with van der Waals surface area (Å²) in [6, 6.07) is 0.317. The molecular formula is C14H23N3. The van der Waals surface area contributed by atoms with Crippen LogP contribution in [0, 0.1) is 5.92 Å². The van der Waals surface area contributed by atoms with Gasteiger partial charge in [-0.05, 0) is 31.6 Å². The van der Waals surface area contributed by atoms with Gasteiger partial charge in [-0.1, -0.05) is 20.3 Å². The lowest BCUT2D eigenvalue weighted by Crippen LogP contribution is -2.34. The zero-order valence-corrected chi connectivity index (χ0v) is 10.9. The van der Waals surface area contributed by atoms with E-state index in [4.69, 9.17) is 10.7 Å². The quantitative estimate of drug-likeness (QED) is 0.808. The average Bonchev–Trinajstić information content (AvgIpc) is 2.67. The van der Waals surface area contributed by atoms with E-state index in [-0.39, 0.29) is 0 Å². The molecule has 0 saturated carbocycles. The Morgan fingerprint density at radius 1 is 1.47 bits per heavy atom. The van der Waals surface area contributed by atoms with Gasteiger partial charge in [0.15, 0.2) is 0 Å². The molecule has 17 heavy (non-hydrogen) atoms. The molecule has 0 aromatic carbocycles. The maximum absolute atomic E-state index is 6.15. The topological polar surface area (TPSA) is 43.8 Å². The van der Waals surface area contributed by atoms with Crippen molar-refractivity contribution in [2.45, 2.75) is 64.5 Å². The number of fused-ring (bicyclic) bond motifs is 3. The Kier molecular flexibility index (Phi) is 2.74. The molecule has 2 N–H and O–H groups in total. The molecule has 0 amide bonds. The van der Waals surface area contributed by atoms with E-state index in [9.17, 15) is 0 Å². The minimum atomic E-state index is 0.317. The van der Waals surface area contributed by atoms with E-state index < -0.39 is 0 Å². The van der Waals surface area contributed by atoms with Gasteiger partial charge in [-0.15, -0.1) is 0 Å². The lowest BCUT2D eigenvalue weighted by Gasteiger charge is -2.28. The Balaban J connectivity index is 1.99. The minimum absolute atomic E-state index is 0.317. The molecule has 3 nitrogen and oxygen atoms in total. The maximum Gasteiger partial charge on any atom is 0.112 e. The second-order valence-electron chi connectivity index (χ2n) is 5.89. The molecule has 3 atom stereocenters. The van der Waals surface area contributed by atoms with Crippen molar-refractivity contribution in [1.29, 1.82) is 0 Å². The van der Waals surface area contributed by atoms with Crippen molar-refractivity contribution in [1.82, 2.24) is 9.55 Å². The molecule has 1 aromatic rings. The smallest absolute Gasteiger partial charge is 0.112 e. The van der Waals surface area contributed by atoms with Crippen molar-refractivity contribution < 1.29 is 0 Å². The Morgan fingerprint density at radius 3 is 3.06 bits per heavy atom. The number of hydrogen-bond acceptors (Lipinski definition) is 2. The number of rotatable bonds is 1. The van der Waals surface area contributed by atoms with E-state index in [1.165, 1.54) is 42.9 Å². The van der Waals surface area contributed by atoms with Crippen molar-refractivity contribution in [2.75, 3.05) is 0 Å². The first kappa shape index (κ1) is 11.3. The number of aryl methyl sites for hydroxylation is 1. The van der Waals surface area contributed by atoms with Crippen LogP contribution in [0.5, 0.6) is 0 Å². The van der Waals surface area contributed by atoms with Gasteiger partial charge < -0.3 is 10.3 Å². The lowest BCUT2D eigenvalue weighted by atomic mass is 9.87. The molecule has 3 unspecified atom stereocenters. The zero-order chi connectivity index (χ0) is 12.0. The van der Waals surface area contributed by atoms with Crippen molar-refractivity contribution in [2.24, 2.45) is 11.7 Å². The van der Waals surface area contributed by atoms with E-state index in [0.717, 1.165) is 18.9 Å². The van der Waals surface area contributed by atoms with E-state index in [1.807, 2.05) is 0 Å². The van der Waals surface area contributed by atoms with Crippen LogP contribution in [0.25, 0.3) is 0 Å². The normalized spacial score (nSPS) is 32.1. The predicted octanol–water partition coefficient (Wildman–Crippen LogP) is 2.23. The Hall–Kier alpha value is -0.830. The van der Waals surface area contributed by atoms with Gasteiger partial charge in [-0.2, -0.15) is 0 Å². The molecule has 0 spiro atoms. The molecular weight excluding hydrogens is 210 g/mol. The third kappa shape index (κ3) is 1.81. The molecule has 3 rings (SSSR count). The third-order valence-corrected chi connectivity index (χ3v) is 4.55. The van der Waals surface area contributed by atoms with Gasteiger partial charge in [0, 0.05) is 24.2 Å². The zero-order valence-electron chi connectivity index (χ0n) is 10.9. The molecule has 0 saturated heterocycles. The standard InChI is InChI=1S/C14H23N3/c1-3-10-4-5-12-13(7-10)17-8-11(15)6-9(2)14(17)16-12/h9-11H,3-8,15H2,1-2H3. The van der Waals surface area contributed by atoms with Gasteiger partial charge in [0.1, 0.15) is 5.82 Å². The number of imidazole rings is 1. The van der Waals surface area contributed by atoms with Crippen LogP contribution < -0.4 is 5.73 Å². The fourth-order valence-electron chi connectivity index (χ4n) is 3.50. The molecule has 2 aliphatic rings. The highest BCUT2D eigenvalue weighted by Gasteiger charge is 2.30. The predicted molar refractivity (Wildman–Crippen MR) is 69.0 cm³/mol. The molecule has 94 valence electrons. The summed E-state index contributed by atoms with van der Waals surface area (Å²) in [5.74, 6) is 2.69. The summed E-state index contributed by atoms with van der Waals surface area (Å²) in [6.45, 7) is 5.55. The summed E-state index contributed by atoms with van der Waals surface area (Å²) in [6.07, 6.45) is 6.10. The molecule has 1 aromatic heterocycles. The van der Waals surface area contributed by atoms with Gasteiger partial charge in [0.25, 0.3) is 0 Å². The highest BCUT2D eigenvalue weighted by Crippen LogP contribution is 2.33. The van der Waals surface area contributed by atoms with Gasteiger partial charge in [0.05, 0.1) is 5.69 Å². The van der Waals surface area contributed by atoms with Crippen LogP contribution in [0.4, 0.5) is 0 Å². The van der Waals surface area contributed by atoms with Crippen LogP contribution in [0.3, 0.4) is 0 Å². The summed E-state index contributed by atoms with van der Waals surface area (Å²) in [4.78, 5) is 4.88. The summed E-state index contributed by atoms with van der Waals surface area (Å²) in [5, 5.41) is 0. The molecule has 0 radical (unpaired) electrons. The first-order chi connectivity index (χ1) is 8.19. The van der Waals surface area contributed by atoms with Crippen molar-refractivity contribution in [3.05, 3.63) is 17.2 Å². The van der Waals surface area contributed by atoms with Crippen LogP contribution in [0.15, 0.2) is 0 Å². The fraction of sp³-hybridized carbons (Fsp3) is 0.786. The average molecular weight is 233 g/mol. The van der Waals surface area contributed by atoms with Crippen LogP contribution in [-0.2, 0) is 19.4 Å². The number of nitrogens with zero attached hydrogens (tertiary/aromatic N) is 2. The number of hydrogen-bond donors (Lipinski definition) is 1. The second-order valence-corrected chi connectivity index (χ2v) is 5.89. The minimum Gasteiger partial charge on any atom is -0.330 e. The Labute approximate surface area is 103 Å². The molecule has 0 bridgehead atoms. The van der Waals surface area contributed by atoms with E-state index >= 15 is 0 Å².